The molecule has 0 saturated carbocycles. The summed E-state index contributed by atoms with van der Waals surface area (Å²) in [6.45, 7) is 4.00. The molecule has 2 aromatic rings. The highest BCUT2D eigenvalue weighted by Gasteiger charge is 2.26. The first-order valence-corrected chi connectivity index (χ1v) is 9.63. The van der Waals surface area contributed by atoms with Crippen molar-refractivity contribution in [1.82, 2.24) is 0 Å². The first-order valence-electron chi connectivity index (χ1n) is 9.63. The van der Waals surface area contributed by atoms with Gasteiger partial charge in [0.2, 0.25) is 5.75 Å². The van der Waals surface area contributed by atoms with Crippen LogP contribution in [0, 0.1) is 0 Å². The van der Waals surface area contributed by atoms with E-state index >= 15 is 0 Å². The van der Waals surface area contributed by atoms with E-state index in [0.29, 0.717) is 35.8 Å². The summed E-state index contributed by atoms with van der Waals surface area (Å²) in [6, 6.07) is 7.04. The van der Waals surface area contributed by atoms with E-state index in [4.69, 9.17) is 18.9 Å². The fourth-order valence-corrected chi connectivity index (χ4v) is 3.47. The van der Waals surface area contributed by atoms with Crippen LogP contribution in [0.2, 0.25) is 0 Å². The SMILES string of the molecule is CC.COc1ccc(C2=CC(O)CCc3c2cc(OC)c(OC)c3OC)cc1O. The third kappa shape index (κ3) is 4.43. The summed E-state index contributed by atoms with van der Waals surface area (Å²) < 4.78 is 21.7. The van der Waals surface area contributed by atoms with Crippen molar-refractivity contribution >= 4 is 5.57 Å². The minimum absolute atomic E-state index is 0.0311. The van der Waals surface area contributed by atoms with Crippen LogP contribution >= 0.6 is 0 Å². The van der Waals surface area contributed by atoms with Crippen LogP contribution in [-0.2, 0) is 6.42 Å². The molecule has 158 valence electrons. The zero-order valence-electron chi connectivity index (χ0n) is 17.9. The molecular formula is C23H30O6. The number of methoxy groups -OCH3 is 4. The molecular weight excluding hydrogens is 372 g/mol. The van der Waals surface area contributed by atoms with Crippen molar-refractivity contribution in [3.63, 3.8) is 0 Å². The number of hydrogen-bond acceptors (Lipinski definition) is 6. The molecule has 0 amide bonds. The molecule has 6 heteroatoms. The number of rotatable bonds is 5. The molecule has 0 fully saturated rings. The van der Waals surface area contributed by atoms with Crippen LogP contribution in [0.15, 0.2) is 30.3 Å². The second kappa shape index (κ2) is 10.1. The Morgan fingerprint density at radius 3 is 2.07 bits per heavy atom. The van der Waals surface area contributed by atoms with E-state index in [1.54, 1.807) is 39.5 Å². The van der Waals surface area contributed by atoms with Gasteiger partial charge in [0.1, 0.15) is 0 Å². The van der Waals surface area contributed by atoms with Crippen molar-refractivity contribution in [3.05, 3.63) is 47.0 Å². The standard InChI is InChI=1S/C21H24O6.C2H6/c1-24-18-8-5-12(9-17(18)23)15-10-13(22)6-7-14-16(15)11-19(25-2)21(27-4)20(14)26-3;1-2/h5,8-11,13,22-23H,6-7H2,1-4H3;1-2H3. The van der Waals surface area contributed by atoms with Gasteiger partial charge in [-0.2, -0.15) is 0 Å². The lowest BCUT2D eigenvalue weighted by atomic mass is 9.92. The van der Waals surface area contributed by atoms with Gasteiger partial charge in [0.05, 0.1) is 34.5 Å². The Balaban J connectivity index is 0.00000145. The van der Waals surface area contributed by atoms with E-state index in [-0.39, 0.29) is 5.75 Å². The molecule has 2 N–H and O–H groups in total. The van der Waals surface area contributed by atoms with Crippen LogP contribution in [0.3, 0.4) is 0 Å². The molecule has 0 aliphatic heterocycles. The summed E-state index contributed by atoms with van der Waals surface area (Å²) in [5, 5.41) is 20.6. The van der Waals surface area contributed by atoms with Crippen molar-refractivity contribution in [1.29, 1.82) is 0 Å². The molecule has 0 aromatic heterocycles. The van der Waals surface area contributed by atoms with Gasteiger partial charge in [0.15, 0.2) is 23.0 Å². The normalized spacial score (nSPS) is 15.1. The summed E-state index contributed by atoms with van der Waals surface area (Å²) in [6.07, 6.45) is 2.32. The van der Waals surface area contributed by atoms with E-state index in [1.165, 1.54) is 7.11 Å². The number of hydrogen-bond donors (Lipinski definition) is 2. The van der Waals surface area contributed by atoms with Crippen molar-refractivity contribution in [2.75, 3.05) is 28.4 Å². The topological polar surface area (TPSA) is 77.4 Å². The predicted octanol–water partition coefficient (Wildman–Crippen LogP) is 4.19. The quantitative estimate of drug-likeness (QED) is 0.781. The minimum atomic E-state index is -0.627. The van der Waals surface area contributed by atoms with Gasteiger partial charge in [-0.15, -0.1) is 0 Å². The second-order valence-electron chi connectivity index (χ2n) is 6.24. The van der Waals surface area contributed by atoms with Gasteiger partial charge >= 0.3 is 0 Å². The number of aliphatic hydroxyl groups excluding tert-OH is 1. The molecule has 0 radical (unpaired) electrons. The number of ether oxygens (including phenoxy) is 4. The first kappa shape index (κ1) is 22.4. The molecule has 2 aromatic carbocycles. The summed E-state index contributed by atoms with van der Waals surface area (Å²) in [5.74, 6) is 2.06. The summed E-state index contributed by atoms with van der Waals surface area (Å²) in [4.78, 5) is 0. The molecule has 1 aliphatic carbocycles. The maximum atomic E-state index is 10.4. The molecule has 6 nitrogen and oxygen atoms in total. The van der Waals surface area contributed by atoms with Crippen LogP contribution < -0.4 is 18.9 Å². The fraction of sp³-hybridized carbons (Fsp3) is 0.391. The smallest absolute Gasteiger partial charge is 0.203 e. The lowest BCUT2D eigenvalue weighted by molar-refractivity contribution is 0.214. The van der Waals surface area contributed by atoms with Gasteiger partial charge in [-0.1, -0.05) is 19.9 Å². The number of benzene rings is 2. The molecule has 29 heavy (non-hydrogen) atoms. The highest BCUT2D eigenvalue weighted by atomic mass is 16.5. The Hall–Kier alpha value is -2.86. The van der Waals surface area contributed by atoms with Crippen LogP contribution in [0.25, 0.3) is 5.57 Å². The third-order valence-electron chi connectivity index (χ3n) is 4.76. The van der Waals surface area contributed by atoms with Crippen LogP contribution in [-0.4, -0.2) is 44.8 Å². The average molecular weight is 402 g/mol. The van der Waals surface area contributed by atoms with Gasteiger partial charge in [-0.05, 0) is 53.8 Å². The van der Waals surface area contributed by atoms with E-state index in [0.717, 1.165) is 22.3 Å². The fourth-order valence-electron chi connectivity index (χ4n) is 3.47. The predicted molar refractivity (Wildman–Crippen MR) is 114 cm³/mol. The highest BCUT2D eigenvalue weighted by Crippen LogP contribution is 2.47. The number of phenols is 1. The second-order valence-corrected chi connectivity index (χ2v) is 6.24. The Labute approximate surface area is 172 Å². The Morgan fingerprint density at radius 2 is 1.52 bits per heavy atom. The van der Waals surface area contributed by atoms with Crippen molar-refractivity contribution < 1.29 is 29.2 Å². The zero-order chi connectivity index (χ0) is 21.6. The molecule has 1 unspecified atom stereocenters. The molecule has 0 saturated heterocycles. The lowest BCUT2D eigenvalue weighted by Gasteiger charge is -2.20. The Bertz CT molecular complexity index is 872. The maximum absolute atomic E-state index is 10.4. The van der Waals surface area contributed by atoms with E-state index in [2.05, 4.69) is 0 Å². The van der Waals surface area contributed by atoms with Crippen molar-refractivity contribution in [2.45, 2.75) is 32.8 Å². The van der Waals surface area contributed by atoms with Crippen LogP contribution in [0.5, 0.6) is 28.7 Å². The number of aliphatic hydroxyl groups is 1. The summed E-state index contributed by atoms with van der Waals surface area (Å²) in [7, 11) is 6.22. The van der Waals surface area contributed by atoms with Gasteiger partial charge < -0.3 is 29.2 Å². The monoisotopic (exact) mass is 402 g/mol. The minimum Gasteiger partial charge on any atom is -0.504 e. The van der Waals surface area contributed by atoms with E-state index in [9.17, 15) is 10.2 Å². The van der Waals surface area contributed by atoms with Crippen molar-refractivity contribution in [3.8, 4) is 28.7 Å². The highest BCUT2D eigenvalue weighted by molar-refractivity contribution is 5.86. The van der Waals surface area contributed by atoms with E-state index < -0.39 is 6.10 Å². The van der Waals surface area contributed by atoms with Crippen molar-refractivity contribution in [2.24, 2.45) is 0 Å². The van der Waals surface area contributed by atoms with Gasteiger partial charge in [-0.25, -0.2) is 0 Å². The Kier molecular flexibility index (Phi) is 7.79. The third-order valence-corrected chi connectivity index (χ3v) is 4.76. The first-order chi connectivity index (χ1) is 14.0. The number of fused-ring (bicyclic) bond motifs is 1. The van der Waals surface area contributed by atoms with Crippen LogP contribution in [0.1, 0.15) is 37.0 Å². The Morgan fingerprint density at radius 1 is 0.862 bits per heavy atom. The number of aromatic hydroxyl groups is 1. The summed E-state index contributed by atoms with van der Waals surface area (Å²) in [5.41, 5.74) is 3.33. The molecule has 0 heterocycles. The van der Waals surface area contributed by atoms with Gasteiger partial charge in [-0.3, -0.25) is 0 Å². The zero-order valence-corrected chi connectivity index (χ0v) is 17.9. The maximum Gasteiger partial charge on any atom is 0.203 e. The van der Waals surface area contributed by atoms with E-state index in [1.807, 2.05) is 26.0 Å². The lowest BCUT2D eigenvalue weighted by Crippen LogP contribution is -2.04. The molecule has 0 spiro atoms. The van der Waals surface area contributed by atoms with Crippen LogP contribution in [0.4, 0.5) is 0 Å². The molecule has 3 rings (SSSR count). The number of phenolic OH excluding ortho intramolecular Hbond substituents is 1. The summed E-state index contributed by atoms with van der Waals surface area (Å²) >= 11 is 0. The largest absolute Gasteiger partial charge is 0.504 e. The molecule has 1 atom stereocenters. The average Bonchev–Trinajstić information content (AvgIpc) is 2.92. The molecule has 1 aliphatic rings. The van der Waals surface area contributed by atoms with Gasteiger partial charge in [0, 0.05) is 5.56 Å². The molecule has 0 bridgehead atoms. The van der Waals surface area contributed by atoms with Gasteiger partial charge in [0.25, 0.3) is 0 Å².